The van der Waals surface area contributed by atoms with E-state index in [9.17, 15) is 13.0 Å². The summed E-state index contributed by atoms with van der Waals surface area (Å²) in [5, 5.41) is 0. The molecule has 0 atom stereocenters. The van der Waals surface area contributed by atoms with Gasteiger partial charge in [0.05, 0.1) is 86.4 Å². The van der Waals surface area contributed by atoms with Gasteiger partial charge in [0.25, 0.3) is 0 Å². The molecule has 0 aliphatic rings. The van der Waals surface area contributed by atoms with Crippen molar-refractivity contribution in [1.29, 1.82) is 0 Å². The van der Waals surface area contributed by atoms with Crippen LogP contribution in [0.3, 0.4) is 0 Å². The summed E-state index contributed by atoms with van der Waals surface area (Å²) in [5.41, 5.74) is 0. The number of benzene rings is 21. The van der Waals surface area contributed by atoms with E-state index in [1.807, 2.05) is 6.92 Å². The van der Waals surface area contributed by atoms with Gasteiger partial charge in [-0.05, 0) is 261 Å². The van der Waals surface area contributed by atoms with Crippen molar-refractivity contribution < 1.29 is 41.2 Å². The van der Waals surface area contributed by atoms with Crippen LogP contribution >= 0.6 is 0 Å². The van der Waals surface area contributed by atoms with Crippen LogP contribution in [0.2, 0.25) is 0 Å². The van der Waals surface area contributed by atoms with Gasteiger partial charge >= 0.3 is 0 Å². The molecule has 0 amide bonds. The number of hydrogen-bond acceptors (Lipinski definition) is 3. The van der Waals surface area contributed by atoms with E-state index in [2.05, 4.69) is 637 Å². The zero-order valence-electron chi connectivity index (χ0n) is 81.0. The van der Waals surface area contributed by atoms with Gasteiger partial charge < -0.3 is 32.8 Å². The molecule has 0 N–H and O–H groups in total. The fourth-order valence-corrected chi connectivity index (χ4v) is 30.2. The van der Waals surface area contributed by atoms with Crippen molar-refractivity contribution in [2.24, 2.45) is 0 Å². The minimum atomic E-state index is -3.94. The zero-order valence-corrected chi connectivity index (χ0v) is 87.5. The summed E-state index contributed by atoms with van der Waals surface area (Å²) in [4.78, 5) is 28.6. The summed E-state index contributed by atoms with van der Waals surface area (Å²) >= 11 is 0. The Morgan fingerprint density at radius 1 is 0.136 bits per heavy atom. The lowest BCUT2D eigenvalue weighted by atomic mass is 10.4. The van der Waals surface area contributed by atoms with E-state index < -0.39 is 10.1 Å². The van der Waals surface area contributed by atoms with Crippen LogP contribution < -0.4 is 28.2 Å². The van der Waals surface area contributed by atoms with E-state index in [-0.39, 0.29) is 110 Å². The van der Waals surface area contributed by atoms with Crippen LogP contribution in [0.1, 0.15) is 19.8 Å². The average Bonchev–Trinajstić information content (AvgIpc) is 0.850. The molecule has 21 aromatic rings. The monoisotopic (exact) mass is 2090 g/mol. The second-order valence-corrected chi connectivity index (χ2v) is 47.0. The van der Waals surface area contributed by atoms with Gasteiger partial charge in [0.2, 0.25) is 0 Å². The van der Waals surface area contributed by atoms with Crippen LogP contribution in [-0.4, -0.2) is 18.7 Å². The van der Waals surface area contributed by atoms with Gasteiger partial charge in [-0.2, -0.15) is 0 Å². The Hall–Kier alpha value is -14.4. The number of rotatable bonds is 24. The van der Waals surface area contributed by atoms with Crippen LogP contribution in [0.4, 0.5) is 0 Å². The molecule has 0 bridgehead atoms. The lowest BCUT2D eigenvalue weighted by Crippen LogP contribution is -3.00. The molecule has 0 saturated heterocycles. The van der Waals surface area contributed by atoms with Gasteiger partial charge in [-0.15, -0.1) is 0 Å². The number of unbranched alkanes of at least 4 members (excludes halogenated alkanes) is 1. The summed E-state index contributed by atoms with van der Waals surface area (Å²) in [7, 11) is -4.04. The molecule has 3 nitrogen and oxygen atoms in total. The van der Waals surface area contributed by atoms with E-state index in [4.69, 9.17) is 0 Å². The smallest absolute Gasteiger partial charge is 0.166 e. The van der Waals surface area contributed by atoms with Crippen molar-refractivity contribution in [2.75, 3.05) is 5.75 Å². The van der Waals surface area contributed by atoms with Crippen LogP contribution in [-0.2, 0) is 86.4 Å². The maximum atomic E-state index is 9.83. The molecule has 0 fully saturated rings. The van der Waals surface area contributed by atoms with Gasteiger partial charge in [0.15, 0.2) is 103 Å². The van der Waals surface area contributed by atoms with Gasteiger partial charge in [-0.3, -0.25) is 0 Å². The molecule has 0 radical (unpaired) electrons. The normalized spacial score (nSPS) is 10.2. The first kappa shape index (κ1) is 118. The standard InChI is InChI=1S/7C18H15S.C4H10O3S.6FH/c7*1-4-10-16(11-5-1)19(17-12-6-2-7-13-17)18-14-8-3-9-15-18;1-2-3-4-8(5,6)7;;;;;;/h7*1-15H;2-4H2,1H3,(H,5,6,7);6*1H/q7*+1;;;;;;;/p-7. The molecule has 0 aromatic heterocycles. The van der Waals surface area contributed by atoms with Crippen molar-refractivity contribution >= 4 is 86.4 Å². The summed E-state index contributed by atoms with van der Waals surface area (Å²) in [6, 6.07) is 225. The molecular weight excluding hydrogens is 1980 g/mol. The fraction of sp³-hybridized carbons (Fsp3) is 0.0308. The predicted octanol–water partition coefficient (Wildman–Crippen LogP) is 15.8. The van der Waals surface area contributed by atoms with E-state index in [0.29, 0.717) is 6.42 Å². The van der Waals surface area contributed by atoms with Crippen LogP contribution in [0.25, 0.3) is 0 Å². The summed E-state index contributed by atoms with van der Waals surface area (Å²) in [6.07, 6.45) is 1.23. The first-order valence-corrected chi connectivity index (χ1v) is 57.1. The third kappa shape index (κ3) is 37.5. The molecule has 21 aromatic carbocycles. The SMILES string of the molecule is CCCCS(=O)(=O)[O-].[F-].[F-].[F-].[F-].[F-].[F-].c1ccc([S+](c2ccccc2)c2ccccc2)cc1.c1ccc([S+](c2ccccc2)c2ccccc2)cc1.c1ccc([S+](c2ccccc2)c2ccccc2)cc1.c1ccc([S+](c2ccccc2)c2ccccc2)cc1.c1ccc([S+](c2ccccc2)c2ccccc2)cc1.c1ccc([S+](c2ccccc2)c2ccccc2)cc1.c1ccc([S+](c2ccccc2)c2ccccc2)cc1. The minimum Gasteiger partial charge on any atom is -1.00 e. The van der Waals surface area contributed by atoms with Crippen LogP contribution in [0.5, 0.6) is 0 Å². The molecule has 0 aliphatic heterocycles. The summed E-state index contributed by atoms with van der Waals surface area (Å²) in [6.45, 7) is 1.84. The Labute approximate surface area is 885 Å². The molecule has 0 aliphatic carbocycles. The van der Waals surface area contributed by atoms with Crippen molar-refractivity contribution in [3.05, 3.63) is 637 Å². The lowest BCUT2D eigenvalue weighted by Gasteiger charge is -2.07. The Bertz CT molecular complexity index is 5230. The van der Waals surface area contributed by atoms with E-state index in [1.54, 1.807) is 0 Å². The Morgan fingerprint density at radius 2 is 0.197 bits per heavy atom. The van der Waals surface area contributed by atoms with E-state index in [1.165, 1.54) is 103 Å². The zero-order chi connectivity index (χ0) is 97.0. The highest BCUT2D eigenvalue weighted by Gasteiger charge is 2.35. The molecule has 0 heterocycles. The van der Waals surface area contributed by atoms with Crippen molar-refractivity contribution in [3.63, 3.8) is 0 Å². The van der Waals surface area contributed by atoms with E-state index >= 15 is 0 Å². The number of halogens is 6. The first-order chi connectivity index (χ1) is 69.7. The quantitative estimate of drug-likeness (QED) is 0.0344. The molecule has 17 heteroatoms. The topological polar surface area (TPSA) is 57.2 Å². The van der Waals surface area contributed by atoms with Crippen LogP contribution in [0.15, 0.2) is 740 Å². The Balaban J connectivity index is 0.000000205. The number of hydrogen-bond donors (Lipinski definition) is 0. The molecule has 0 spiro atoms. The summed E-state index contributed by atoms with van der Waals surface area (Å²) in [5.74, 6) is -0.219. The van der Waals surface area contributed by atoms with E-state index in [0.717, 1.165) is 6.42 Å². The maximum absolute atomic E-state index is 9.83. The maximum Gasteiger partial charge on any atom is 0.166 e. The molecule has 21 rings (SSSR count). The molecular formula is C130H114F6O3S8. The lowest BCUT2D eigenvalue weighted by molar-refractivity contribution is -0.00100. The van der Waals surface area contributed by atoms with Crippen molar-refractivity contribution in [1.82, 2.24) is 0 Å². The third-order valence-corrected chi connectivity index (χ3v) is 37.7. The van der Waals surface area contributed by atoms with Crippen LogP contribution in [0, 0.1) is 0 Å². The predicted molar refractivity (Wildman–Crippen MR) is 600 cm³/mol. The molecule has 0 saturated carbocycles. The molecule has 0 unspecified atom stereocenters. The van der Waals surface area contributed by atoms with Crippen molar-refractivity contribution in [3.8, 4) is 0 Å². The largest absolute Gasteiger partial charge is 1.00 e. The minimum absolute atomic E-state index is 0. The Kier molecular flexibility index (Phi) is 53.3. The Morgan fingerprint density at radius 3 is 0.238 bits per heavy atom. The highest BCUT2D eigenvalue weighted by molar-refractivity contribution is 7.99. The molecule has 742 valence electrons. The van der Waals surface area contributed by atoms with Gasteiger partial charge in [0, 0.05) is 5.75 Å². The fourth-order valence-electron chi connectivity index (χ4n) is 14.9. The van der Waals surface area contributed by atoms with Gasteiger partial charge in [0.1, 0.15) is 0 Å². The second kappa shape index (κ2) is 66.6. The first-order valence-electron chi connectivity index (χ1n) is 46.9. The highest BCUT2D eigenvalue weighted by atomic mass is 32.2. The second-order valence-electron chi connectivity index (χ2n) is 31.3. The third-order valence-electron chi connectivity index (χ3n) is 21.3. The summed E-state index contributed by atoms with van der Waals surface area (Å²) < 4.78 is 29.5. The molecule has 147 heavy (non-hydrogen) atoms. The average molecular weight is 2090 g/mol. The highest BCUT2D eigenvalue weighted by Crippen LogP contribution is 2.38. The van der Waals surface area contributed by atoms with Gasteiger partial charge in [-0.25, -0.2) is 8.42 Å². The van der Waals surface area contributed by atoms with Gasteiger partial charge in [-0.1, -0.05) is 396 Å². The van der Waals surface area contributed by atoms with Crippen molar-refractivity contribution in [2.45, 2.75) is 123 Å².